The number of aromatic nitrogens is 1. The molecule has 0 aliphatic carbocycles. The molecule has 1 amide bonds. The van der Waals surface area contributed by atoms with Crippen LogP contribution in [0.25, 0.3) is 0 Å². The van der Waals surface area contributed by atoms with Gasteiger partial charge in [-0.25, -0.2) is 4.98 Å². The Hall–Kier alpha value is -1.43. The van der Waals surface area contributed by atoms with Gasteiger partial charge in [-0.2, -0.15) is 0 Å². The van der Waals surface area contributed by atoms with Crippen LogP contribution in [-0.4, -0.2) is 28.9 Å². The van der Waals surface area contributed by atoms with E-state index in [1.807, 2.05) is 42.2 Å². The second-order valence-corrected chi connectivity index (χ2v) is 5.83. The SMILES string of the molecule is Cc1ncc(C(=O)N(CCCN)Cc2ccccc2)s1.Cl. The molecule has 0 saturated heterocycles. The fourth-order valence-corrected chi connectivity index (χ4v) is 2.70. The third kappa shape index (κ3) is 5.12. The average molecular weight is 326 g/mol. The molecule has 0 aliphatic heterocycles. The van der Waals surface area contributed by atoms with Gasteiger partial charge >= 0.3 is 0 Å². The minimum atomic E-state index is 0. The van der Waals surface area contributed by atoms with Crippen molar-refractivity contribution in [2.24, 2.45) is 5.73 Å². The first kappa shape index (κ1) is 17.6. The van der Waals surface area contributed by atoms with Crippen LogP contribution in [-0.2, 0) is 6.54 Å². The number of aryl methyl sites for hydroxylation is 1. The molecule has 0 aliphatic rings. The van der Waals surface area contributed by atoms with Gasteiger partial charge < -0.3 is 10.6 Å². The van der Waals surface area contributed by atoms with Crippen molar-refractivity contribution < 1.29 is 4.79 Å². The number of carbonyl (C=O) groups excluding carboxylic acids is 1. The molecule has 21 heavy (non-hydrogen) atoms. The summed E-state index contributed by atoms with van der Waals surface area (Å²) in [6.07, 6.45) is 2.46. The molecule has 0 fully saturated rings. The number of benzene rings is 1. The Morgan fingerprint density at radius 3 is 2.62 bits per heavy atom. The molecule has 6 heteroatoms. The first-order valence-electron chi connectivity index (χ1n) is 6.66. The van der Waals surface area contributed by atoms with Gasteiger partial charge in [0.25, 0.3) is 5.91 Å². The Kier molecular flexibility index (Phi) is 7.36. The van der Waals surface area contributed by atoms with E-state index in [1.54, 1.807) is 6.20 Å². The normalized spacial score (nSPS) is 10.0. The summed E-state index contributed by atoms with van der Waals surface area (Å²) in [5.74, 6) is 0.0351. The molecule has 0 saturated carbocycles. The molecule has 0 spiro atoms. The predicted molar refractivity (Wildman–Crippen MR) is 89.0 cm³/mol. The van der Waals surface area contributed by atoms with Crippen molar-refractivity contribution in [3.63, 3.8) is 0 Å². The van der Waals surface area contributed by atoms with Crippen molar-refractivity contribution in [3.05, 3.63) is 52.0 Å². The van der Waals surface area contributed by atoms with Gasteiger partial charge in [0.1, 0.15) is 4.88 Å². The number of rotatable bonds is 6. The van der Waals surface area contributed by atoms with Crippen LogP contribution in [0.1, 0.15) is 26.7 Å². The third-order valence-corrected chi connectivity index (χ3v) is 3.87. The lowest BCUT2D eigenvalue weighted by atomic mass is 10.2. The van der Waals surface area contributed by atoms with Gasteiger partial charge in [-0.1, -0.05) is 30.3 Å². The molecular weight excluding hydrogens is 306 g/mol. The van der Waals surface area contributed by atoms with Crippen LogP contribution in [0.4, 0.5) is 0 Å². The van der Waals surface area contributed by atoms with Gasteiger partial charge in [0.05, 0.1) is 11.2 Å². The monoisotopic (exact) mass is 325 g/mol. The fraction of sp³-hybridized carbons (Fsp3) is 0.333. The van der Waals surface area contributed by atoms with Crippen LogP contribution in [0.3, 0.4) is 0 Å². The van der Waals surface area contributed by atoms with E-state index in [0.29, 0.717) is 24.5 Å². The van der Waals surface area contributed by atoms with E-state index in [2.05, 4.69) is 4.98 Å². The maximum atomic E-state index is 12.5. The zero-order valence-electron chi connectivity index (χ0n) is 12.0. The van der Waals surface area contributed by atoms with Crippen molar-refractivity contribution in [1.82, 2.24) is 9.88 Å². The molecule has 1 heterocycles. The van der Waals surface area contributed by atoms with Crippen molar-refractivity contribution in [2.45, 2.75) is 19.9 Å². The Morgan fingerprint density at radius 1 is 1.33 bits per heavy atom. The third-order valence-electron chi connectivity index (χ3n) is 2.97. The second kappa shape index (κ2) is 8.77. The molecule has 0 radical (unpaired) electrons. The summed E-state index contributed by atoms with van der Waals surface area (Å²) in [5.41, 5.74) is 6.69. The van der Waals surface area contributed by atoms with Gasteiger partial charge in [-0.05, 0) is 25.5 Å². The van der Waals surface area contributed by atoms with E-state index < -0.39 is 0 Å². The number of nitrogens with zero attached hydrogens (tertiary/aromatic N) is 2. The van der Waals surface area contributed by atoms with Gasteiger partial charge in [0, 0.05) is 13.1 Å². The van der Waals surface area contributed by atoms with E-state index in [9.17, 15) is 4.79 Å². The highest BCUT2D eigenvalue weighted by molar-refractivity contribution is 7.13. The summed E-state index contributed by atoms with van der Waals surface area (Å²) >= 11 is 1.43. The van der Waals surface area contributed by atoms with Crippen molar-refractivity contribution in [3.8, 4) is 0 Å². The Bertz CT molecular complexity index is 559. The number of amides is 1. The van der Waals surface area contributed by atoms with Crippen LogP contribution in [0.5, 0.6) is 0 Å². The Balaban J connectivity index is 0.00000220. The molecule has 0 atom stereocenters. The molecule has 1 aromatic carbocycles. The molecule has 0 unspecified atom stereocenters. The Morgan fingerprint density at radius 2 is 2.05 bits per heavy atom. The maximum absolute atomic E-state index is 12.5. The predicted octanol–water partition coefficient (Wildman–Crippen LogP) is 2.86. The molecule has 1 aromatic heterocycles. The molecule has 2 rings (SSSR count). The lowest BCUT2D eigenvalue weighted by molar-refractivity contribution is 0.0747. The highest BCUT2D eigenvalue weighted by Gasteiger charge is 2.17. The van der Waals surface area contributed by atoms with Crippen molar-refractivity contribution in [2.75, 3.05) is 13.1 Å². The molecule has 4 nitrogen and oxygen atoms in total. The number of thiazole rings is 1. The lowest BCUT2D eigenvalue weighted by Gasteiger charge is -2.21. The average Bonchev–Trinajstić information content (AvgIpc) is 2.90. The number of nitrogens with two attached hydrogens (primary N) is 1. The van der Waals surface area contributed by atoms with Crippen molar-refractivity contribution in [1.29, 1.82) is 0 Å². The van der Waals surface area contributed by atoms with Crippen molar-refractivity contribution >= 4 is 29.7 Å². The van der Waals surface area contributed by atoms with Gasteiger partial charge in [0.2, 0.25) is 0 Å². The first-order valence-corrected chi connectivity index (χ1v) is 7.48. The van der Waals surface area contributed by atoms with Gasteiger partial charge in [-0.15, -0.1) is 23.7 Å². The van der Waals surface area contributed by atoms with Crippen LogP contribution in [0, 0.1) is 6.92 Å². The highest BCUT2D eigenvalue weighted by Crippen LogP contribution is 2.16. The molecule has 2 N–H and O–H groups in total. The van der Waals surface area contributed by atoms with Gasteiger partial charge in [0.15, 0.2) is 0 Å². The quantitative estimate of drug-likeness (QED) is 0.888. The largest absolute Gasteiger partial charge is 0.334 e. The zero-order valence-corrected chi connectivity index (χ0v) is 13.6. The topological polar surface area (TPSA) is 59.2 Å². The fourth-order valence-electron chi connectivity index (χ4n) is 1.95. The smallest absolute Gasteiger partial charge is 0.265 e. The number of halogens is 1. The van der Waals surface area contributed by atoms with E-state index >= 15 is 0 Å². The lowest BCUT2D eigenvalue weighted by Crippen LogP contribution is -2.32. The number of hydrogen-bond acceptors (Lipinski definition) is 4. The summed E-state index contributed by atoms with van der Waals surface area (Å²) in [5, 5.41) is 0.909. The molecule has 114 valence electrons. The minimum absolute atomic E-state index is 0. The molecular formula is C15H20ClN3OS. The van der Waals surface area contributed by atoms with E-state index in [0.717, 1.165) is 17.0 Å². The van der Waals surface area contributed by atoms with Crippen LogP contribution in [0.15, 0.2) is 36.5 Å². The minimum Gasteiger partial charge on any atom is -0.334 e. The molecule has 0 bridgehead atoms. The number of carbonyl (C=O) groups is 1. The van der Waals surface area contributed by atoms with Crippen LogP contribution in [0.2, 0.25) is 0 Å². The summed E-state index contributed by atoms with van der Waals surface area (Å²) in [4.78, 5) is 19.2. The zero-order chi connectivity index (χ0) is 14.4. The first-order chi connectivity index (χ1) is 9.70. The summed E-state index contributed by atoms with van der Waals surface area (Å²) in [6.45, 7) is 3.76. The summed E-state index contributed by atoms with van der Waals surface area (Å²) in [6, 6.07) is 10.00. The van der Waals surface area contributed by atoms with Crippen LogP contribution < -0.4 is 5.73 Å². The standard InChI is InChI=1S/C15H19N3OS.ClH/c1-12-17-10-14(20-12)15(19)18(9-5-8-16)11-13-6-3-2-4-7-13;/h2-4,6-7,10H,5,8-9,11,16H2,1H3;1H. The second-order valence-electron chi connectivity index (χ2n) is 4.60. The maximum Gasteiger partial charge on any atom is 0.265 e. The summed E-state index contributed by atoms with van der Waals surface area (Å²) in [7, 11) is 0. The van der Waals surface area contributed by atoms with Gasteiger partial charge in [-0.3, -0.25) is 4.79 Å². The van der Waals surface area contributed by atoms with E-state index in [-0.39, 0.29) is 18.3 Å². The summed E-state index contributed by atoms with van der Waals surface area (Å²) < 4.78 is 0. The molecule has 2 aromatic rings. The Labute approximate surface area is 135 Å². The van der Waals surface area contributed by atoms with E-state index in [4.69, 9.17) is 5.73 Å². The number of hydrogen-bond donors (Lipinski definition) is 1. The van der Waals surface area contributed by atoms with E-state index in [1.165, 1.54) is 11.3 Å². The highest BCUT2D eigenvalue weighted by atomic mass is 35.5. The van der Waals surface area contributed by atoms with Crippen LogP contribution >= 0.6 is 23.7 Å².